The lowest BCUT2D eigenvalue weighted by molar-refractivity contribution is -0.384. The second-order valence-corrected chi connectivity index (χ2v) is 2.64. The van der Waals surface area contributed by atoms with Crippen molar-refractivity contribution in [2.45, 2.75) is 0 Å². The van der Waals surface area contributed by atoms with Crippen LogP contribution < -0.4 is 11.1 Å². The van der Waals surface area contributed by atoms with Gasteiger partial charge >= 0.3 is 0 Å². The van der Waals surface area contributed by atoms with E-state index in [0.29, 0.717) is 5.69 Å². The van der Waals surface area contributed by atoms with Crippen molar-refractivity contribution in [3.8, 4) is 0 Å². The molecular formula is C8H13N3O2. The third kappa shape index (κ3) is 2.41. The summed E-state index contributed by atoms with van der Waals surface area (Å²) < 4.78 is 0. The van der Waals surface area contributed by atoms with Gasteiger partial charge < -0.3 is 11.1 Å². The van der Waals surface area contributed by atoms with Gasteiger partial charge in [0.25, 0.3) is 5.69 Å². The number of para-hydroxylation sites is 2. The average molecular weight is 183 g/mol. The van der Waals surface area contributed by atoms with Crippen LogP contribution in [0.15, 0.2) is 24.3 Å². The fourth-order valence-corrected chi connectivity index (χ4v) is 0.997. The van der Waals surface area contributed by atoms with Gasteiger partial charge in [-0.1, -0.05) is 12.1 Å². The van der Waals surface area contributed by atoms with E-state index in [1.165, 1.54) is 6.07 Å². The summed E-state index contributed by atoms with van der Waals surface area (Å²) in [5.74, 6) is 0. The number of benzene rings is 1. The molecule has 0 aliphatic carbocycles. The van der Waals surface area contributed by atoms with Crippen LogP contribution >= 0.6 is 0 Å². The molecule has 72 valence electrons. The second-order valence-electron chi connectivity index (χ2n) is 2.64. The molecule has 0 saturated heterocycles. The number of nitrogens with zero attached hydrogens (tertiary/aromatic N) is 2. The van der Waals surface area contributed by atoms with Crippen molar-refractivity contribution in [3.63, 3.8) is 0 Å². The van der Waals surface area contributed by atoms with E-state index in [9.17, 15) is 10.1 Å². The molecule has 0 aliphatic rings. The normalized spacial score (nSPS) is 8.77. The summed E-state index contributed by atoms with van der Waals surface area (Å²) in [6.07, 6.45) is 0. The molecule has 0 unspecified atom stereocenters. The van der Waals surface area contributed by atoms with Crippen LogP contribution in [-0.4, -0.2) is 19.0 Å². The lowest BCUT2D eigenvalue weighted by atomic mass is 10.2. The fraction of sp³-hybridized carbons (Fsp3) is 0.250. The Labute approximate surface area is 76.7 Å². The summed E-state index contributed by atoms with van der Waals surface area (Å²) in [6.45, 7) is 0. The van der Waals surface area contributed by atoms with E-state index in [1.807, 2.05) is 0 Å². The number of nitro groups is 1. The molecule has 0 aromatic heterocycles. The zero-order chi connectivity index (χ0) is 9.14. The van der Waals surface area contributed by atoms with Crippen LogP contribution in [0.4, 0.5) is 11.4 Å². The monoisotopic (exact) mass is 183 g/mol. The minimum absolute atomic E-state index is 0. The Morgan fingerprint density at radius 1 is 1.31 bits per heavy atom. The van der Waals surface area contributed by atoms with Gasteiger partial charge in [-0.3, -0.25) is 10.1 Å². The largest absolute Gasteiger partial charge is 0.372 e. The van der Waals surface area contributed by atoms with E-state index < -0.39 is 0 Å². The Morgan fingerprint density at radius 3 is 2.23 bits per heavy atom. The molecule has 0 aliphatic heterocycles. The number of hydrogen-bond donors (Lipinski definition) is 1. The third-order valence-electron chi connectivity index (χ3n) is 1.56. The van der Waals surface area contributed by atoms with Crippen molar-refractivity contribution in [1.82, 2.24) is 6.15 Å². The number of anilines is 1. The maximum atomic E-state index is 10.5. The van der Waals surface area contributed by atoms with Gasteiger partial charge in [-0.25, -0.2) is 0 Å². The van der Waals surface area contributed by atoms with Crippen LogP contribution in [0.5, 0.6) is 0 Å². The zero-order valence-corrected chi connectivity index (χ0v) is 7.73. The van der Waals surface area contributed by atoms with Gasteiger partial charge in [0.15, 0.2) is 0 Å². The van der Waals surface area contributed by atoms with Gasteiger partial charge in [-0.15, -0.1) is 0 Å². The topological polar surface area (TPSA) is 81.4 Å². The number of rotatable bonds is 2. The Morgan fingerprint density at radius 2 is 1.85 bits per heavy atom. The smallest absolute Gasteiger partial charge is 0.292 e. The molecule has 0 amide bonds. The van der Waals surface area contributed by atoms with E-state index >= 15 is 0 Å². The van der Waals surface area contributed by atoms with Crippen LogP contribution in [0.1, 0.15) is 0 Å². The fourth-order valence-electron chi connectivity index (χ4n) is 0.997. The molecule has 1 rings (SSSR count). The van der Waals surface area contributed by atoms with Crippen molar-refractivity contribution in [2.75, 3.05) is 19.0 Å². The first-order valence-corrected chi connectivity index (χ1v) is 3.53. The first kappa shape index (κ1) is 11.4. The van der Waals surface area contributed by atoms with Gasteiger partial charge in [0.2, 0.25) is 0 Å². The minimum atomic E-state index is -0.380. The van der Waals surface area contributed by atoms with Gasteiger partial charge in [0, 0.05) is 20.2 Å². The first-order chi connectivity index (χ1) is 5.63. The highest BCUT2D eigenvalue weighted by molar-refractivity contribution is 5.61. The summed E-state index contributed by atoms with van der Waals surface area (Å²) in [7, 11) is 3.56. The number of nitro benzene ring substituents is 1. The van der Waals surface area contributed by atoms with Gasteiger partial charge in [-0.05, 0) is 6.07 Å². The minimum Gasteiger partial charge on any atom is -0.372 e. The SMILES string of the molecule is CN(C)c1ccccc1[N+](=O)[O-].N. The highest BCUT2D eigenvalue weighted by Gasteiger charge is 2.12. The van der Waals surface area contributed by atoms with Crippen molar-refractivity contribution in [2.24, 2.45) is 0 Å². The van der Waals surface area contributed by atoms with Crippen LogP contribution in [0.25, 0.3) is 0 Å². The molecule has 0 saturated carbocycles. The molecule has 0 spiro atoms. The molecule has 13 heavy (non-hydrogen) atoms. The molecule has 0 bridgehead atoms. The third-order valence-corrected chi connectivity index (χ3v) is 1.56. The van der Waals surface area contributed by atoms with E-state index in [1.54, 1.807) is 37.2 Å². The van der Waals surface area contributed by atoms with E-state index in [0.717, 1.165) is 0 Å². The van der Waals surface area contributed by atoms with Crippen LogP contribution in [0, 0.1) is 10.1 Å². The Kier molecular flexibility index (Phi) is 3.87. The van der Waals surface area contributed by atoms with Crippen LogP contribution in [0.3, 0.4) is 0 Å². The highest BCUT2D eigenvalue weighted by atomic mass is 16.6. The molecule has 0 atom stereocenters. The van der Waals surface area contributed by atoms with Crippen molar-refractivity contribution >= 4 is 11.4 Å². The van der Waals surface area contributed by atoms with Crippen molar-refractivity contribution in [3.05, 3.63) is 34.4 Å². The molecule has 1 aromatic rings. The van der Waals surface area contributed by atoms with E-state index in [-0.39, 0.29) is 16.8 Å². The maximum absolute atomic E-state index is 10.5. The summed E-state index contributed by atoms with van der Waals surface area (Å²) in [4.78, 5) is 11.8. The maximum Gasteiger partial charge on any atom is 0.292 e. The molecule has 5 heteroatoms. The lowest BCUT2D eigenvalue weighted by Gasteiger charge is -2.11. The molecule has 0 radical (unpaired) electrons. The predicted molar refractivity (Wildman–Crippen MR) is 52.4 cm³/mol. The van der Waals surface area contributed by atoms with E-state index in [2.05, 4.69) is 0 Å². The molecular weight excluding hydrogens is 170 g/mol. The standard InChI is InChI=1S/C8H10N2O2.H3N/c1-9(2)7-5-3-4-6-8(7)10(11)12;/h3-6H,1-2H3;1H3. The highest BCUT2D eigenvalue weighted by Crippen LogP contribution is 2.24. The zero-order valence-electron chi connectivity index (χ0n) is 7.73. The van der Waals surface area contributed by atoms with Gasteiger partial charge in [-0.2, -0.15) is 0 Å². The average Bonchev–Trinajstić information content (AvgIpc) is 2.04. The number of hydrogen-bond acceptors (Lipinski definition) is 4. The molecule has 3 N–H and O–H groups in total. The van der Waals surface area contributed by atoms with E-state index in [4.69, 9.17) is 0 Å². The van der Waals surface area contributed by atoms with Crippen molar-refractivity contribution in [1.29, 1.82) is 0 Å². The quantitative estimate of drug-likeness (QED) is 0.560. The molecule has 0 fully saturated rings. The Bertz CT molecular complexity index is 299. The summed E-state index contributed by atoms with van der Waals surface area (Å²) in [6, 6.07) is 6.65. The molecule has 0 heterocycles. The molecule has 5 nitrogen and oxygen atoms in total. The van der Waals surface area contributed by atoms with Gasteiger partial charge in [0.1, 0.15) is 5.69 Å². The van der Waals surface area contributed by atoms with Crippen LogP contribution in [-0.2, 0) is 0 Å². The van der Waals surface area contributed by atoms with Gasteiger partial charge in [0.05, 0.1) is 4.92 Å². The summed E-state index contributed by atoms with van der Waals surface area (Å²) >= 11 is 0. The first-order valence-electron chi connectivity index (χ1n) is 3.53. The predicted octanol–water partition coefficient (Wildman–Crippen LogP) is 1.82. The summed E-state index contributed by atoms with van der Waals surface area (Å²) in [5, 5.41) is 10.5. The molecule has 1 aromatic carbocycles. The lowest BCUT2D eigenvalue weighted by Crippen LogP contribution is -2.10. The second kappa shape index (κ2) is 4.42. The van der Waals surface area contributed by atoms with Crippen molar-refractivity contribution < 1.29 is 4.92 Å². The Hall–Kier alpha value is -1.62. The van der Waals surface area contributed by atoms with Crippen LogP contribution in [0.2, 0.25) is 0 Å². The summed E-state index contributed by atoms with van der Waals surface area (Å²) in [5.41, 5.74) is 0.769. The Balaban J connectivity index is 0.00000144.